The van der Waals surface area contributed by atoms with E-state index in [9.17, 15) is 4.39 Å². The number of hydrogen-bond donors (Lipinski definition) is 1. The van der Waals surface area contributed by atoms with Crippen LogP contribution in [-0.2, 0) is 6.54 Å². The van der Waals surface area contributed by atoms with Crippen molar-refractivity contribution in [2.24, 2.45) is 0 Å². The van der Waals surface area contributed by atoms with E-state index < -0.39 is 5.82 Å². The van der Waals surface area contributed by atoms with Gasteiger partial charge in [0, 0.05) is 5.56 Å². The Morgan fingerprint density at radius 2 is 2.09 bits per heavy atom. The molecule has 0 bridgehead atoms. The summed E-state index contributed by atoms with van der Waals surface area (Å²) in [6.07, 6.45) is 3.30. The lowest BCUT2D eigenvalue weighted by atomic mass is 10.1. The SMILES string of the molecule is Fc1ccc(Cn2cnnc2-c2ccc3nc[nH]c3c2)cc1Cl. The number of aromatic nitrogens is 5. The Balaban J connectivity index is 1.71. The third-order valence-corrected chi connectivity index (χ3v) is 3.92. The Morgan fingerprint density at radius 1 is 1.17 bits per heavy atom. The van der Waals surface area contributed by atoms with Gasteiger partial charge in [-0.05, 0) is 35.9 Å². The number of imidazole rings is 1. The Hall–Kier alpha value is -2.73. The lowest BCUT2D eigenvalue weighted by molar-refractivity contribution is 0.626. The molecule has 0 saturated heterocycles. The number of H-pyrrole nitrogens is 1. The molecule has 2 aromatic carbocycles. The molecule has 0 radical (unpaired) electrons. The van der Waals surface area contributed by atoms with E-state index in [1.165, 1.54) is 6.07 Å². The zero-order valence-corrected chi connectivity index (χ0v) is 12.6. The highest BCUT2D eigenvalue weighted by Gasteiger charge is 2.10. The first-order chi connectivity index (χ1) is 11.2. The normalized spacial score (nSPS) is 11.2. The molecule has 2 heterocycles. The first kappa shape index (κ1) is 13.9. The van der Waals surface area contributed by atoms with Crippen LogP contribution in [-0.4, -0.2) is 24.7 Å². The number of rotatable bonds is 3. The van der Waals surface area contributed by atoms with Crippen LogP contribution in [0.15, 0.2) is 49.1 Å². The maximum absolute atomic E-state index is 13.3. The van der Waals surface area contributed by atoms with Gasteiger partial charge in [0.25, 0.3) is 0 Å². The van der Waals surface area contributed by atoms with Gasteiger partial charge in [0.05, 0.1) is 28.9 Å². The van der Waals surface area contributed by atoms with Crippen LogP contribution in [0.5, 0.6) is 0 Å². The van der Waals surface area contributed by atoms with Crippen LogP contribution in [0.25, 0.3) is 22.4 Å². The molecule has 4 aromatic rings. The molecule has 0 aliphatic rings. The fraction of sp³-hybridized carbons (Fsp3) is 0.0625. The summed E-state index contributed by atoms with van der Waals surface area (Å²) in [5.74, 6) is 0.297. The van der Waals surface area contributed by atoms with Crippen LogP contribution in [0.1, 0.15) is 5.56 Å². The van der Waals surface area contributed by atoms with Crippen LogP contribution < -0.4 is 0 Å². The minimum Gasteiger partial charge on any atom is -0.345 e. The number of aromatic amines is 1. The number of halogens is 2. The van der Waals surface area contributed by atoms with Gasteiger partial charge in [0.2, 0.25) is 0 Å². The molecular formula is C16H11ClFN5. The van der Waals surface area contributed by atoms with E-state index in [4.69, 9.17) is 11.6 Å². The topological polar surface area (TPSA) is 59.4 Å². The van der Waals surface area contributed by atoms with E-state index in [1.54, 1.807) is 24.8 Å². The molecule has 23 heavy (non-hydrogen) atoms. The van der Waals surface area contributed by atoms with Crippen molar-refractivity contribution in [1.82, 2.24) is 24.7 Å². The summed E-state index contributed by atoms with van der Waals surface area (Å²) in [5, 5.41) is 8.28. The molecule has 4 rings (SSSR count). The molecule has 7 heteroatoms. The average molecular weight is 328 g/mol. The second-order valence-corrected chi connectivity index (χ2v) is 5.57. The third-order valence-electron chi connectivity index (χ3n) is 3.63. The van der Waals surface area contributed by atoms with Crippen LogP contribution in [0.4, 0.5) is 4.39 Å². The number of hydrogen-bond acceptors (Lipinski definition) is 3. The molecule has 1 N–H and O–H groups in total. The van der Waals surface area contributed by atoms with Crippen molar-refractivity contribution in [1.29, 1.82) is 0 Å². The fourth-order valence-electron chi connectivity index (χ4n) is 2.50. The molecule has 0 saturated carbocycles. The van der Waals surface area contributed by atoms with E-state index in [2.05, 4.69) is 20.2 Å². The second-order valence-electron chi connectivity index (χ2n) is 5.17. The second kappa shape index (κ2) is 5.48. The highest BCUT2D eigenvalue weighted by Crippen LogP contribution is 2.23. The maximum atomic E-state index is 13.3. The van der Waals surface area contributed by atoms with Crippen molar-refractivity contribution in [2.75, 3.05) is 0 Å². The van der Waals surface area contributed by atoms with Gasteiger partial charge < -0.3 is 9.55 Å². The molecule has 5 nitrogen and oxygen atoms in total. The summed E-state index contributed by atoms with van der Waals surface area (Å²) in [7, 11) is 0. The molecular weight excluding hydrogens is 317 g/mol. The maximum Gasteiger partial charge on any atom is 0.164 e. The number of fused-ring (bicyclic) bond motifs is 1. The zero-order chi connectivity index (χ0) is 15.8. The standard InChI is InChI=1S/C16H11ClFN5/c17-12-5-10(1-3-13(12)18)7-23-9-21-22-16(23)11-2-4-14-15(6-11)20-8-19-14/h1-6,8-9H,7H2,(H,19,20). The van der Waals surface area contributed by atoms with Crippen molar-refractivity contribution in [2.45, 2.75) is 6.54 Å². The summed E-state index contributed by atoms with van der Waals surface area (Å²) in [5.41, 5.74) is 3.62. The highest BCUT2D eigenvalue weighted by molar-refractivity contribution is 6.30. The minimum absolute atomic E-state index is 0.107. The Morgan fingerprint density at radius 3 is 2.96 bits per heavy atom. The van der Waals surface area contributed by atoms with Gasteiger partial charge in [-0.15, -0.1) is 10.2 Å². The Kier molecular flexibility index (Phi) is 3.31. The van der Waals surface area contributed by atoms with Crippen LogP contribution in [0, 0.1) is 5.82 Å². The molecule has 2 aromatic heterocycles. The Bertz CT molecular complexity index is 991. The van der Waals surface area contributed by atoms with Crippen molar-refractivity contribution in [3.8, 4) is 11.4 Å². The van der Waals surface area contributed by atoms with Crippen molar-refractivity contribution in [3.63, 3.8) is 0 Å². The summed E-state index contributed by atoms with van der Waals surface area (Å²) < 4.78 is 15.2. The smallest absolute Gasteiger partial charge is 0.164 e. The predicted octanol–water partition coefficient (Wildman–Crippen LogP) is 3.66. The lowest BCUT2D eigenvalue weighted by Crippen LogP contribution is -2.01. The van der Waals surface area contributed by atoms with Crippen molar-refractivity contribution < 1.29 is 4.39 Å². The lowest BCUT2D eigenvalue weighted by Gasteiger charge is -2.07. The van der Waals surface area contributed by atoms with E-state index in [0.717, 1.165) is 28.0 Å². The molecule has 114 valence electrons. The Labute approximate surface area is 135 Å². The van der Waals surface area contributed by atoms with E-state index in [0.29, 0.717) is 6.54 Å². The largest absolute Gasteiger partial charge is 0.345 e. The molecule has 0 aliphatic carbocycles. The predicted molar refractivity (Wildman–Crippen MR) is 85.6 cm³/mol. The summed E-state index contributed by atoms with van der Waals surface area (Å²) in [6.45, 7) is 0.503. The van der Waals surface area contributed by atoms with E-state index >= 15 is 0 Å². The molecule has 0 aliphatic heterocycles. The summed E-state index contributed by atoms with van der Waals surface area (Å²) in [4.78, 5) is 7.28. The first-order valence-corrected chi connectivity index (χ1v) is 7.34. The molecule has 0 fully saturated rings. The summed E-state index contributed by atoms with van der Waals surface area (Å²) >= 11 is 5.84. The van der Waals surface area contributed by atoms with Gasteiger partial charge in [0.1, 0.15) is 12.1 Å². The van der Waals surface area contributed by atoms with Crippen LogP contribution >= 0.6 is 11.6 Å². The minimum atomic E-state index is -0.427. The van der Waals surface area contributed by atoms with Crippen LogP contribution in [0.2, 0.25) is 5.02 Å². The first-order valence-electron chi connectivity index (χ1n) is 6.96. The fourth-order valence-corrected chi connectivity index (χ4v) is 2.71. The highest BCUT2D eigenvalue weighted by atomic mass is 35.5. The molecule has 0 spiro atoms. The van der Waals surface area contributed by atoms with Gasteiger partial charge in [-0.1, -0.05) is 17.7 Å². The van der Waals surface area contributed by atoms with Crippen molar-refractivity contribution >= 4 is 22.6 Å². The van der Waals surface area contributed by atoms with Gasteiger partial charge in [-0.2, -0.15) is 0 Å². The van der Waals surface area contributed by atoms with E-state index in [-0.39, 0.29) is 5.02 Å². The molecule has 0 amide bonds. The summed E-state index contributed by atoms with van der Waals surface area (Å²) in [6, 6.07) is 10.5. The molecule has 0 atom stereocenters. The zero-order valence-electron chi connectivity index (χ0n) is 11.9. The third kappa shape index (κ3) is 2.57. The number of nitrogens with zero attached hydrogens (tertiary/aromatic N) is 4. The van der Waals surface area contributed by atoms with Crippen LogP contribution in [0.3, 0.4) is 0 Å². The number of nitrogens with one attached hydrogen (secondary N) is 1. The monoisotopic (exact) mass is 327 g/mol. The quantitative estimate of drug-likeness (QED) is 0.624. The van der Waals surface area contributed by atoms with Gasteiger partial charge in [0.15, 0.2) is 5.82 Å². The van der Waals surface area contributed by atoms with Gasteiger partial charge in [-0.25, -0.2) is 9.37 Å². The van der Waals surface area contributed by atoms with E-state index in [1.807, 2.05) is 22.8 Å². The van der Waals surface area contributed by atoms with Gasteiger partial charge >= 0.3 is 0 Å². The molecule has 0 unspecified atom stereocenters. The van der Waals surface area contributed by atoms with Gasteiger partial charge in [-0.3, -0.25) is 0 Å². The average Bonchev–Trinajstić information content (AvgIpc) is 3.19. The van der Waals surface area contributed by atoms with Crippen molar-refractivity contribution in [3.05, 3.63) is 65.5 Å². The number of benzene rings is 2.